The Labute approximate surface area is 201 Å². The lowest BCUT2D eigenvalue weighted by atomic mass is 10.1. The predicted molar refractivity (Wildman–Crippen MR) is 126 cm³/mol. The van der Waals surface area contributed by atoms with Gasteiger partial charge in [-0.3, -0.25) is 14.5 Å². The molecule has 7 nitrogen and oxygen atoms in total. The van der Waals surface area contributed by atoms with Crippen LogP contribution in [0.3, 0.4) is 0 Å². The third-order valence-corrected chi connectivity index (χ3v) is 6.02. The highest BCUT2D eigenvalue weighted by atomic mass is 127. The number of amides is 2. The molecule has 1 heterocycles. The standard InChI is InChI=1S/C21H17ClINO6S/c1-2-29-16-8-13(7-15(23)19(16)30-11-18(25)26)9-17-20(27)24(21(28)31-17)10-12-4-3-5-14(22)6-12/h3-9H,2,10-11H2,1H3,(H,25,26)/b17-9-. The van der Waals surface area contributed by atoms with Gasteiger partial charge in [0.2, 0.25) is 0 Å². The molecule has 2 aromatic rings. The van der Waals surface area contributed by atoms with Crippen LogP contribution in [0.25, 0.3) is 6.08 Å². The minimum Gasteiger partial charge on any atom is -0.490 e. The van der Waals surface area contributed by atoms with Crippen LogP contribution in [-0.2, 0) is 16.1 Å². The Morgan fingerprint density at radius 3 is 2.71 bits per heavy atom. The number of imide groups is 1. The summed E-state index contributed by atoms with van der Waals surface area (Å²) in [7, 11) is 0. The van der Waals surface area contributed by atoms with Crippen molar-refractivity contribution in [2.45, 2.75) is 13.5 Å². The number of rotatable bonds is 8. The van der Waals surface area contributed by atoms with Crippen LogP contribution in [0, 0.1) is 3.57 Å². The zero-order valence-corrected chi connectivity index (χ0v) is 20.0. The van der Waals surface area contributed by atoms with Gasteiger partial charge in [-0.1, -0.05) is 23.7 Å². The summed E-state index contributed by atoms with van der Waals surface area (Å²) >= 11 is 8.85. The van der Waals surface area contributed by atoms with Crippen molar-refractivity contribution in [1.29, 1.82) is 0 Å². The first-order valence-corrected chi connectivity index (χ1v) is 11.4. The monoisotopic (exact) mass is 573 g/mol. The van der Waals surface area contributed by atoms with Crippen molar-refractivity contribution in [3.8, 4) is 11.5 Å². The highest BCUT2D eigenvalue weighted by Crippen LogP contribution is 2.38. The molecule has 1 fully saturated rings. The fourth-order valence-electron chi connectivity index (χ4n) is 2.81. The zero-order valence-electron chi connectivity index (χ0n) is 16.3. The number of carboxylic acid groups (broad SMARTS) is 1. The van der Waals surface area contributed by atoms with Crippen molar-refractivity contribution in [3.63, 3.8) is 0 Å². The van der Waals surface area contributed by atoms with E-state index >= 15 is 0 Å². The van der Waals surface area contributed by atoms with Gasteiger partial charge in [-0.05, 0) is 82.7 Å². The molecule has 0 bridgehead atoms. The van der Waals surface area contributed by atoms with Crippen molar-refractivity contribution >= 4 is 69.1 Å². The number of thioether (sulfide) groups is 1. The maximum absolute atomic E-state index is 12.8. The zero-order chi connectivity index (χ0) is 22.5. The molecule has 0 aliphatic carbocycles. The lowest BCUT2D eigenvalue weighted by molar-refractivity contribution is -0.139. The molecule has 2 amide bonds. The quantitative estimate of drug-likeness (QED) is 0.349. The van der Waals surface area contributed by atoms with Gasteiger partial charge in [-0.15, -0.1) is 0 Å². The molecular weight excluding hydrogens is 557 g/mol. The van der Waals surface area contributed by atoms with E-state index in [9.17, 15) is 14.4 Å². The minimum atomic E-state index is -1.10. The van der Waals surface area contributed by atoms with Crippen LogP contribution in [0.2, 0.25) is 5.02 Å². The topological polar surface area (TPSA) is 93.1 Å². The number of hydrogen-bond acceptors (Lipinski definition) is 6. The van der Waals surface area contributed by atoms with E-state index in [2.05, 4.69) is 0 Å². The van der Waals surface area contributed by atoms with E-state index in [1.54, 1.807) is 49.4 Å². The summed E-state index contributed by atoms with van der Waals surface area (Å²) in [4.78, 5) is 37.5. The summed E-state index contributed by atoms with van der Waals surface area (Å²) in [6, 6.07) is 10.4. The number of aliphatic carboxylic acids is 1. The summed E-state index contributed by atoms with van der Waals surface area (Å²) in [5.74, 6) is -0.819. The Morgan fingerprint density at radius 1 is 1.26 bits per heavy atom. The molecule has 31 heavy (non-hydrogen) atoms. The molecule has 0 atom stereocenters. The summed E-state index contributed by atoms with van der Waals surface area (Å²) in [5.41, 5.74) is 1.38. The Balaban J connectivity index is 1.86. The summed E-state index contributed by atoms with van der Waals surface area (Å²) in [5, 5.41) is 9.04. The van der Waals surface area contributed by atoms with Gasteiger partial charge in [0, 0.05) is 5.02 Å². The number of carboxylic acids is 1. The van der Waals surface area contributed by atoms with Crippen LogP contribution in [-0.4, -0.2) is 40.3 Å². The molecule has 1 saturated heterocycles. The van der Waals surface area contributed by atoms with Crippen LogP contribution in [0.5, 0.6) is 11.5 Å². The molecule has 0 spiro atoms. The van der Waals surface area contributed by atoms with Gasteiger partial charge in [0.15, 0.2) is 18.1 Å². The van der Waals surface area contributed by atoms with Gasteiger partial charge < -0.3 is 14.6 Å². The Kier molecular flexibility index (Phi) is 7.84. The molecule has 0 aromatic heterocycles. The lowest BCUT2D eigenvalue weighted by Gasteiger charge is -2.14. The van der Waals surface area contributed by atoms with Crippen LogP contribution < -0.4 is 9.47 Å². The van der Waals surface area contributed by atoms with E-state index < -0.39 is 18.5 Å². The Hall–Kier alpha value is -2.24. The molecule has 1 aliphatic rings. The predicted octanol–water partition coefficient (Wildman–Crippen LogP) is 5.04. The number of ether oxygens (including phenoxy) is 2. The van der Waals surface area contributed by atoms with Crippen LogP contribution in [0.15, 0.2) is 41.3 Å². The molecule has 0 unspecified atom stereocenters. The van der Waals surface area contributed by atoms with E-state index in [0.29, 0.717) is 32.3 Å². The van der Waals surface area contributed by atoms with Crippen molar-refractivity contribution in [1.82, 2.24) is 4.90 Å². The van der Waals surface area contributed by atoms with Crippen LogP contribution >= 0.6 is 46.0 Å². The van der Waals surface area contributed by atoms with Gasteiger partial charge in [-0.25, -0.2) is 4.79 Å². The number of benzene rings is 2. The molecular formula is C21H17ClINO6S. The van der Waals surface area contributed by atoms with Gasteiger partial charge in [-0.2, -0.15) is 0 Å². The van der Waals surface area contributed by atoms with Crippen molar-refractivity contribution in [3.05, 3.63) is 61.0 Å². The van der Waals surface area contributed by atoms with Crippen molar-refractivity contribution in [2.75, 3.05) is 13.2 Å². The second-order valence-corrected chi connectivity index (χ2v) is 8.94. The van der Waals surface area contributed by atoms with E-state index in [4.69, 9.17) is 26.2 Å². The normalized spacial score (nSPS) is 14.9. The second kappa shape index (κ2) is 10.4. The third-order valence-electron chi connectivity index (χ3n) is 4.07. The van der Waals surface area contributed by atoms with E-state index in [1.165, 1.54) is 4.90 Å². The minimum absolute atomic E-state index is 0.131. The molecule has 2 aromatic carbocycles. The molecule has 0 saturated carbocycles. The SMILES string of the molecule is CCOc1cc(/C=C2\SC(=O)N(Cc3cccc(Cl)c3)C2=O)cc(I)c1OCC(=O)O. The maximum atomic E-state index is 12.8. The van der Waals surface area contributed by atoms with Crippen molar-refractivity contribution < 1.29 is 29.0 Å². The maximum Gasteiger partial charge on any atom is 0.341 e. The average Bonchev–Trinajstić information content (AvgIpc) is 2.95. The largest absolute Gasteiger partial charge is 0.490 e. The fraction of sp³-hybridized carbons (Fsp3) is 0.190. The number of hydrogen-bond donors (Lipinski definition) is 1. The number of nitrogens with zero attached hydrogens (tertiary/aromatic N) is 1. The first-order chi connectivity index (χ1) is 14.8. The highest BCUT2D eigenvalue weighted by molar-refractivity contribution is 14.1. The fourth-order valence-corrected chi connectivity index (χ4v) is 4.65. The molecule has 3 rings (SSSR count). The molecule has 0 radical (unpaired) electrons. The Bertz CT molecular complexity index is 1070. The first kappa shape index (κ1) is 23.4. The van der Waals surface area contributed by atoms with Crippen LogP contribution in [0.4, 0.5) is 4.79 Å². The number of carbonyl (C=O) groups excluding carboxylic acids is 2. The van der Waals surface area contributed by atoms with Gasteiger partial charge in [0.1, 0.15) is 0 Å². The summed E-state index contributed by atoms with van der Waals surface area (Å²) < 4.78 is 11.5. The molecule has 162 valence electrons. The molecule has 1 aliphatic heterocycles. The smallest absolute Gasteiger partial charge is 0.341 e. The lowest BCUT2D eigenvalue weighted by Crippen LogP contribution is -2.27. The van der Waals surface area contributed by atoms with E-state index in [0.717, 1.165) is 17.3 Å². The Morgan fingerprint density at radius 2 is 2.03 bits per heavy atom. The third kappa shape index (κ3) is 5.92. The summed E-state index contributed by atoms with van der Waals surface area (Å²) in [6.45, 7) is 1.77. The number of halogens is 2. The molecule has 1 N–H and O–H groups in total. The molecule has 10 heteroatoms. The van der Waals surface area contributed by atoms with Gasteiger partial charge in [0.05, 0.1) is 21.6 Å². The van der Waals surface area contributed by atoms with E-state index in [-0.39, 0.29) is 16.7 Å². The first-order valence-electron chi connectivity index (χ1n) is 9.09. The van der Waals surface area contributed by atoms with E-state index in [1.807, 2.05) is 22.6 Å². The second-order valence-electron chi connectivity index (χ2n) is 6.34. The van der Waals surface area contributed by atoms with Crippen LogP contribution in [0.1, 0.15) is 18.1 Å². The number of carbonyl (C=O) groups is 3. The highest BCUT2D eigenvalue weighted by Gasteiger charge is 2.35. The van der Waals surface area contributed by atoms with Gasteiger partial charge >= 0.3 is 5.97 Å². The average molecular weight is 574 g/mol. The van der Waals surface area contributed by atoms with Crippen molar-refractivity contribution in [2.24, 2.45) is 0 Å². The van der Waals surface area contributed by atoms with Gasteiger partial charge in [0.25, 0.3) is 11.1 Å². The summed E-state index contributed by atoms with van der Waals surface area (Å²) in [6.07, 6.45) is 1.61.